The van der Waals surface area contributed by atoms with E-state index in [1.165, 1.54) is 0 Å². The van der Waals surface area contributed by atoms with Gasteiger partial charge in [0.15, 0.2) is 0 Å². The van der Waals surface area contributed by atoms with Crippen molar-refractivity contribution in [2.24, 2.45) is 5.73 Å². The molecule has 18 heavy (non-hydrogen) atoms. The van der Waals surface area contributed by atoms with E-state index in [-0.39, 0.29) is 6.04 Å². The molecular formula is C13H12N4S. The molecule has 1 aromatic carbocycles. The summed E-state index contributed by atoms with van der Waals surface area (Å²) in [7, 11) is 0. The highest BCUT2D eigenvalue weighted by atomic mass is 32.1. The molecule has 0 amide bonds. The normalized spacial score (nSPS) is 12.7. The Morgan fingerprint density at radius 3 is 2.67 bits per heavy atom. The maximum atomic E-state index is 6.20. The number of thiazole rings is 1. The summed E-state index contributed by atoms with van der Waals surface area (Å²) in [5.74, 6) is 0. The Balaban J connectivity index is 1.89. The standard InChI is InChI=1S/C13H12N4S/c14-10(8-13-17-5-6-18-13)9-1-2-11-12(7-9)16-4-3-15-11/h1-7,10H,8,14H2. The minimum atomic E-state index is -0.0532. The highest BCUT2D eigenvalue weighted by molar-refractivity contribution is 7.09. The Bertz CT molecular complexity index is 651. The maximum Gasteiger partial charge on any atom is 0.0943 e. The molecule has 3 aromatic rings. The van der Waals surface area contributed by atoms with Crippen LogP contribution in [-0.2, 0) is 6.42 Å². The van der Waals surface area contributed by atoms with Crippen LogP contribution < -0.4 is 5.73 Å². The Labute approximate surface area is 109 Å². The van der Waals surface area contributed by atoms with E-state index in [4.69, 9.17) is 5.73 Å². The zero-order valence-corrected chi connectivity index (χ0v) is 10.5. The molecule has 0 bridgehead atoms. The monoisotopic (exact) mass is 256 g/mol. The maximum absolute atomic E-state index is 6.20. The predicted octanol–water partition coefficient (Wildman–Crippen LogP) is 2.33. The first-order valence-electron chi connectivity index (χ1n) is 5.67. The van der Waals surface area contributed by atoms with Crippen molar-refractivity contribution in [1.82, 2.24) is 15.0 Å². The van der Waals surface area contributed by atoms with Gasteiger partial charge >= 0.3 is 0 Å². The van der Waals surface area contributed by atoms with E-state index in [1.54, 1.807) is 29.9 Å². The van der Waals surface area contributed by atoms with Gasteiger partial charge in [0.25, 0.3) is 0 Å². The van der Waals surface area contributed by atoms with E-state index in [1.807, 2.05) is 23.6 Å². The average Bonchev–Trinajstić information content (AvgIpc) is 2.91. The zero-order chi connectivity index (χ0) is 12.4. The third-order valence-corrected chi connectivity index (χ3v) is 3.60. The molecule has 0 aliphatic carbocycles. The minimum Gasteiger partial charge on any atom is -0.324 e. The highest BCUT2D eigenvalue weighted by Gasteiger charge is 2.09. The molecule has 2 aromatic heterocycles. The number of aromatic nitrogens is 3. The number of fused-ring (bicyclic) bond motifs is 1. The molecule has 0 spiro atoms. The summed E-state index contributed by atoms with van der Waals surface area (Å²) in [4.78, 5) is 12.8. The lowest BCUT2D eigenvalue weighted by molar-refractivity contribution is 0.718. The molecule has 0 saturated carbocycles. The Morgan fingerprint density at radius 1 is 1.06 bits per heavy atom. The van der Waals surface area contributed by atoms with Crippen molar-refractivity contribution in [3.8, 4) is 0 Å². The molecule has 2 N–H and O–H groups in total. The van der Waals surface area contributed by atoms with E-state index in [9.17, 15) is 0 Å². The van der Waals surface area contributed by atoms with E-state index in [0.717, 1.165) is 28.0 Å². The van der Waals surface area contributed by atoms with Crippen molar-refractivity contribution >= 4 is 22.4 Å². The Hall–Kier alpha value is -1.85. The summed E-state index contributed by atoms with van der Waals surface area (Å²) < 4.78 is 0. The van der Waals surface area contributed by atoms with E-state index >= 15 is 0 Å². The number of nitrogens with zero attached hydrogens (tertiary/aromatic N) is 3. The first kappa shape index (κ1) is 11.3. The van der Waals surface area contributed by atoms with Gasteiger partial charge in [-0.15, -0.1) is 11.3 Å². The molecule has 3 rings (SSSR count). The van der Waals surface area contributed by atoms with Crippen molar-refractivity contribution in [2.75, 3.05) is 0 Å². The van der Waals surface area contributed by atoms with Crippen LogP contribution in [-0.4, -0.2) is 15.0 Å². The van der Waals surface area contributed by atoms with Gasteiger partial charge < -0.3 is 5.73 Å². The van der Waals surface area contributed by atoms with Crippen LogP contribution in [0, 0.1) is 0 Å². The minimum absolute atomic E-state index is 0.0532. The fraction of sp³-hybridized carbons (Fsp3) is 0.154. The number of hydrogen-bond donors (Lipinski definition) is 1. The summed E-state index contributed by atoms with van der Waals surface area (Å²) >= 11 is 1.63. The van der Waals surface area contributed by atoms with Crippen LogP contribution in [0.3, 0.4) is 0 Å². The fourth-order valence-corrected chi connectivity index (χ4v) is 2.55. The lowest BCUT2D eigenvalue weighted by Crippen LogP contribution is -2.13. The first-order chi connectivity index (χ1) is 8.83. The van der Waals surface area contributed by atoms with E-state index in [0.29, 0.717) is 0 Å². The number of hydrogen-bond acceptors (Lipinski definition) is 5. The molecule has 1 atom stereocenters. The predicted molar refractivity (Wildman–Crippen MR) is 72.3 cm³/mol. The molecule has 0 fully saturated rings. The van der Waals surface area contributed by atoms with Crippen LogP contribution in [0.15, 0.2) is 42.2 Å². The van der Waals surface area contributed by atoms with Crippen LogP contribution in [0.5, 0.6) is 0 Å². The quantitative estimate of drug-likeness (QED) is 0.781. The molecule has 2 heterocycles. The zero-order valence-electron chi connectivity index (χ0n) is 9.65. The van der Waals surface area contributed by atoms with Gasteiger partial charge in [0.2, 0.25) is 0 Å². The summed E-state index contributed by atoms with van der Waals surface area (Å²) in [6, 6.07) is 5.91. The highest BCUT2D eigenvalue weighted by Crippen LogP contribution is 2.20. The van der Waals surface area contributed by atoms with Crippen LogP contribution in [0.2, 0.25) is 0 Å². The molecule has 0 radical (unpaired) electrons. The summed E-state index contributed by atoms with van der Waals surface area (Å²) in [5.41, 5.74) is 9.03. The number of benzene rings is 1. The van der Waals surface area contributed by atoms with Gasteiger partial charge in [-0.1, -0.05) is 6.07 Å². The summed E-state index contributed by atoms with van der Waals surface area (Å²) in [6.07, 6.45) is 5.94. The largest absolute Gasteiger partial charge is 0.324 e. The molecule has 0 aliphatic rings. The van der Waals surface area contributed by atoms with Crippen molar-refractivity contribution in [1.29, 1.82) is 0 Å². The lowest BCUT2D eigenvalue weighted by atomic mass is 10.0. The summed E-state index contributed by atoms with van der Waals surface area (Å²) in [5, 5.41) is 3.02. The third kappa shape index (κ3) is 2.23. The van der Waals surface area contributed by atoms with Gasteiger partial charge in [-0.3, -0.25) is 9.97 Å². The second kappa shape index (κ2) is 4.80. The second-order valence-corrected chi connectivity index (χ2v) is 5.02. The van der Waals surface area contributed by atoms with E-state index in [2.05, 4.69) is 15.0 Å². The van der Waals surface area contributed by atoms with Crippen LogP contribution in [0.25, 0.3) is 11.0 Å². The van der Waals surface area contributed by atoms with Gasteiger partial charge in [-0.25, -0.2) is 4.98 Å². The van der Waals surface area contributed by atoms with Crippen LogP contribution in [0.4, 0.5) is 0 Å². The number of nitrogens with two attached hydrogens (primary N) is 1. The van der Waals surface area contributed by atoms with Crippen molar-refractivity contribution in [3.05, 3.63) is 52.7 Å². The van der Waals surface area contributed by atoms with Crippen LogP contribution in [0.1, 0.15) is 16.6 Å². The molecule has 5 heteroatoms. The van der Waals surface area contributed by atoms with Gasteiger partial charge in [-0.2, -0.15) is 0 Å². The van der Waals surface area contributed by atoms with Crippen molar-refractivity contribution < 1.29 is 0 Å². The lowest BCUT2D eigenvalue weighted by Gasteiger charge is -2.10. The number of rotatable bonds is 3. The van der Waals surface area contributed by atoms with Crippen molar-refractivity contribution in [2.45, 2.75) is 12.5 Å². The first-order valence-corrected chi connectivity index (χ1v) is 6.55. The average molecular weight is 256 g/mol. The molecule has 0 aliphatic heterocycles. The van der Waals surface area contributed by atoms with Gasteiger partial charge in [0.05, 0.1) is 16.0 Å². The Morgan fingerprint density at radius 2 is 1.89 bits per heavy atom. The third-order valence-electron chi connectivity index (χ3n) is 2.80. The second-order valence-electron chi connectivity index (χ2n) is 4.04. The SMILES string of the molecule is NC(Cc1nccs1)c1ccc2nccnc2c1. The topological polar surface area (TPSA) is 64.7 Å². The van der Waals surface area contributed by atoms with Gasteiger partial charge in [-0.05, 0) is 17.7 Å². The molecule has 90 valence electrons. The van der Waals surface area contributed by atoms with Crippen LogP contribution >= 0.6 is 11.3 Å². The fourth-order valence-electron chi connectivity index (χ4n) is 1.87. The summed E-state index contributed by atoms with van der Waals surface area (Å²) in [6.45, 7) is 0. The van der Waals surface area contributed by atoms with E-state index < -0.39 is 0 Å². The Kier molecular flexibility index (Phi) is 3.00. The van der Waals surface area contributed by atoms with Crippen molar-refractivity contribution in [3.63, 3.8) is 0 Å². The van der Waals surface area contributed by atoms with Gasteiger partial charge in [0, 0.05) is 36.4 Å². The molecular weight excluding hydrogens is 244 g/mol. The molecule has 0 saturated heterocycles. The molecule has 1 unspecified atom stereocenters. The molecule has 4 nitrogen and oxygen atoms in total. The smallest absolute Gasteiger partial charge is 0.0943 e. The van der Waals surface area contributed by atoms with Gasteiger partial charge in [0.1, 0.15) is 0 Å².